The molecule has 0 saturated heterocycles. The van der Waals surface area contributed by atoms with Crippen molar-refractivity contribution in [1.82, 2.24) is 0 Å². The van der Waals surface area contributed by atoms with Crippen molar-refractivity contribution in [3.05, 3.63) is 54.1 Å². The van der Waals surface area contributed by atoms with E-state index in [4.69, 9.17) is 9.47 Å². The van der Waals surface area contributed by atoms with Gasteiger partial charge in [0.25, 0.3) is 0 Å². The molecule has 2 N–H and O–H groups in total. The molecule has 24 heavy (non-hydrogen) atoms. The number of hydrogen-bond acceptors (Lipinski definition) is 4. The zero-order valence-electron chi connectivity index (χ0n) is 13.2. The van der Waals surface area contributed by atoms with Crippen molar-refractivity contribution in [1.29, 1.82) is 0 Å². The SMILES string of the molecule is O=P(O)(O)CN(CCCc1ccccc1)c1ccc2c(c1)OCO2. The van der Waals surface area contributed by atoms with E-state index in [1.54, 1.807) is 23.1 Å². The average Bonchev–Trinajstić information content (AvgIpc) is 3.01. The Balaban J connectivity index is 1.70. The summed E-state index contributed by atoms with van der Waals surface area (Å²) in [4.78, 5) is 20.4. The van der Waals surface area contributed by atoms with E-state index >= 15 is 0 Å². The minimum Gasteiger partial charge on any atom is -0.454 e. The van der Waals surface area contributed by atoms with Gasteiger partial charge in [0.05, 0.1) is 0 Å². The lowest BCUT2D eigenvalue weighted by Crippen LogP contribution is -2.26. The Hall–Kier alpha value is -2.01. The maximum Gasteiger partial charge on any atom is 0.344 e. The lowest BCUT2D eigenvalue weighted by Gasteiger charge is -2.25. The Bertz CT molecular complexity index is 731. The van der Waals surface area contributed by atoms with Crippen LogP contribution in [0.2, 0.25) is 0 Å². The van der Waals surface area contributed by atoms with Gasteiger partial charge in [0.2, 0.25) is 6.79 Å². The summed E-state index contributed by atoms with van der Waals surface area (Å²) in [5.41, 5.74) is 1.93. The van der Waals surface area contributed by atoms with E-state index in [9.17, 15) is 14.4 Å². The molecule has 1 aliphatic rings. The maximum absolute atomic E-state index is 11.5. The van der Waals surface area contributed by atoms with Crippen LogP contribution in [-0.4, -0.2) is 29.4 Å². The number of hydrogen-bond donors (Lipinski definition) is 2. The lowest BCUT2D eigenvalue weighted by atomic mass is 10.1. The van der Waals surface area contributed by atoms with E-state index in [-0.39, 0.29) is 13.1 Å². The molecule has 1 heterocycles. The molecule has 7 heteroatoms. The monoisotopic (exact) mass is 349 g/mol. The summed E-state index contributed by atoms with van der Waals surface area (Å²) in [6.45, 7) is 0.713. The van der Waals surface area contributed by atoms with E-state index in [1.165, 1.54) is 5.56 Å². The van der Waals surface area contributed by atoms with Gasteiger partial charge < -0.3 is 24.2 Å². The largest absolute Gasteiger partial charge is 0.454 e. The highest BCUT2D eigenvalue weighted by molar-refractivity contribution is 7.51. The number of nitrogens with zero attached hydrogens (tertiary/aromatic N) is 1. The Morgan fingerprint density at radius 2 is 1.79 bits per heavy atom. The first-order chi connectivity index (χ1) is 11.5. The minimum atomic E-state index is -4.17. The third-order valence-corrected chi connectivity index (χ3v) is 4.52. The predicted molar refractivity (Wildman–Crippen MR) is 91.6 cm³/mol. The van der Waals surface area contributed by atoms with E-state index < -0.39 is 7.60 Å². The first kappa shape index (κ1) is 16.8. The molecule has 6 nitrogen and oxygen atoms in total. The lowest BCUT2D eigenvalue weighted by molar-refractivity contribution is 0.174. The molecular weight excluding hydrogens is 329 g/mol. The highest BCUT2D eigenvalue weighted by Crippen LogP contribution is 2.40. The van der Waals surface area contributed by atoms with Gasteiger partial charge in [-0.2, -0.15) is 0 Å². The van der Waals surface area contributed by atoms with E-state index in [2.05, 4.69) is 0 Å². The first-order valence-electron chi connectivity index (χ1n) is 7.74. The molecule has 0 unspecified atom stereocenters. The Morgan fingerprint density at radius 3 is 2.54 bits per heavy atom. The molecule has 1 aliphatic heterocycles. The smallest absolute Gasteiger partial charge is 0.344 e. The maximum atomic E-state index is 11.5. The van der Waals surface area contributed by atoms with Gasteiger partial charge in [0.1, 0.15) is 6.29 Å². The van der Waals surface area contributed by atoms with Gasteiger partial charge in [0, 0.05) is 18.3 Å². The van der Waals surface area contributed by atoms with Crippen molar-refractivity contribution >= 4 is 13.3 Å². The van der Waals surface area contributed by atoms with E-state index in [1.807, 2.05) is 30.3 Å². The second-order valence-corrected chi connectivity index (χ2v) is 7.31. The molecule has 0 spiro atoms. The van der Waals surface area contributed by atoms with Crippen LogP contribution in [0.5, 0.6) is 11.5 Å². The van der Waals surface area contributed by atoms with Crippen molar-refractivity contribution in [2.75, 3.05) is 24.5 Å². The Morgan fingerprint density at radius 1 is 1.04 bits per heavy atom. The highest BCUT2D eigenvalue weighted by Gasteiger charge is 2.22. The number of rotatable bonds is 7. The summed E-state index contributed by atoms with van der Waals surface area (Å²) in [6, 6.07) is 15.4. The minimum absolute atomic E-state index is 0.172. The Labute approximate surface area is 140 Å². The van der Waals surface area contributed by atoms with Crippen LogP contribution in [-0.2, 0) is 11.0 Å². The zero-order chi connectivity index (χ0) is 17.0. The van der Waals surface area contributed by atoms with Gasteiger partial charge in [-0.15, -0.1) is 0 Å². The van der Waals surface area contributed by atoms with E-state index in [0.717, 1.165) is 18.5 Å². The van der Waals surface area contributed by atoms with Crippen LogP contribution < -0.4 is 14.4 Å². The van der Waals surface area contributed by atoms with Crippen molar-refractivity contribution in [2.45, 2.75) is 12.8 Å². The number of fused-ring (bicyclic) bond motifs is 1. The van der Waals surface area contributed by atoms with Crippen LogP contribution in [0.4, 0.5) is 5.69 Å². The van der Waals surface area contributed by atoms with Crippen LogP contribution in [0.3, 0.4) is 0 Å². The van der Waals surface area contributed by atoms with Crippen LogP contribution in [0.1, 0.15) is 12.0 Å². The molecule has 128 valence electrons. The van der Waals surface area contributed by atoms with Crippen molar-refractivity contribution in [2.24, 2.45) is 0 Å². The summed E-state index contributed by atoms with van der Waals surface area (Å²) < 4.78 is 22.1. The summed E-state index contributed by atoms with van der Waals surface area (Å²) in [6.07, 6.45) is 1.32. The fourth-order valence-electron chi connectivity index (χ4n) is 2.70. The first-order valence-corrected chi connectivity index (χ1v) is 9.54. The van der Waals surface area contributed by atoms with E-state index in [0.29, 0.717) is 18.0 Å². The molecule has 0 fully saturated rings. The third-order valence-electron chi connectivity index (χ3n) is 3.81. The van der Waals surface area contributed by atoms with Crippen molar-refractivity contribution in [3.8, 4) is 11.5 Å². The average molecular weight is 349 g/mol. The van der Waals surface area contributed by atoms with Crippen molar-refractivity contribution < 1.29 is 23.8 Å². The molecule has 3 rings (SSSR count). The number of benzene rings is 2. The van der Waals surface area contributed by atoms with Gasteiger partial charge in [0.15, 0.2) is 11.5 Å². The quantitative estimate of drug-likeness (QED) is 0.748. The molecule has 0 aromatic heterocycles. The van der Waals surface area contributed by atoms with Gasteiger partial charge in [-0.3, -0.25) is 4.57 Å². The van der Waals surface area contributed by atoms with Crippen LogP contribution in [0.15, 0.2) is 48.5 Å². The standard InChI is InChI=1S/C17H20NO5P/c19-24(20,21)12-18(10-4-7-14-5-2-1-3-6-14)15-8-9-16-17(11-15)23-13-22-16/h1-3,5-6,8-9,11H,4,7,10,12-13H2,(H2,19,20,21). The van der Waals surface area contributed by atoms with Crippen LogP contribution in [0.25, 0.3) is 0 Å². The fraction of sp³-hybridized carbons (Fsp3) is 0.294. The van der Waals surface area contributed by atoms with Crippen LogP contribution in [0, 0.1) is 0 Å². The van der Waals surface area contributed by atoms with Crippen LogP contribution >= 0.6 is 7.60 Å². The summed E-state index contributed by atoms with van der Waals surface area (Å²) in [7, 11) is -4.17. The molecule has 0 bridgehead atoms. The van der Waals surface area contributed by atoms with Gasteiger partial charge in [-0.05, 0) is 30.5 Å². The molecular formula is C17H20NO5P. The molecule has 0 radical (unpaired) electrons. The Kier molecular flexibility index (Phi) is 5.09. The van der Waals surface area contributed by atoms with Gasteiger partial charge in [-0.1, -0.05) is 30.3 Å². The zero-order valence-corrected chi connectivity index (χ0v) is 14.1. The summed E-state index contributed by atoms with van der Waals surface area (Å²) >= 11 is 0. The number of aryl methyl sites for hydroxylation is 1. The normalized spacial score (nSPS) is 13.1. The van der Waals surface area contributed by atoms with Crippen molar-refractivity contribution in [3.63, 3.8) is 0 Å². The summed E-state index contributed by atoms with van der Waals surface area (Å²) in [5, 5.41) is 0. The molecule has 2 aromatic carbocycles. The molecule has 0 aliphatic carbocycles. The highest BCUT2D eigenvalue weighted by atomic mass is 31.2. The van der Waals surface area contributed by atoms with Gasteiger partial charge in [-0.25, -0.2) is 0 Å². The fourth-order valence-corrected chi connectivity index (χ4v) is 3.45. The topological polar surface area (TPSA) is 79.2 Å². The second-order valence-electron chi connectivity index (χ2n) is 5.70. The second kappa shape index (κ2) is 7.26. The number of anilines is 1. The predicted octanol–water partition coefficient (Wildman–Crippen LogP) is 2.99. The third kappa shape index (κ3) is 4.51. The molecule has 0 amide bonds. The number of ether oxygens (including phenoxy) is 2. The molecule has 2 aromatic rings. The molecule has 0 atom stereocenters. The van der Waals surface area contributed by atoms with Gasteiger partial charge >= 0.3 is 7.60 Å². The summed E-state index contributed by atoms with van der Waals surface area (Å²) in [5.74, 6) is 1.26. The molecule has 0 saturated carbocycles.